The van der Waals surface area contributed by atoms with Crippen LogP contribution in [0.15, 0.2) is 510 Å². The molecule has 684 valence electrons. The molecule has 31 rings (SSSR count). The predicted molar refractivity (Wildman–Crippen MR) is 605 cm³/mol. The van der Waals surface area contributed by atoms with Gasteiger partial charge < -0.3 is 23.5 Å². The first kappa shape index (κ1) is 83.7. The molecular formula is C134H88N12. The van der Waals surface area contributed by atoms with Crippen molar-refractivity contribution in [1.29, 1.82) is 0 Å². The van der Waals surface area contributed by atoms with Gasteiger partial charge in [0.05, 0.1) is 89.8 Å². The molecular weight excluding hydrogens is 1780 g/mol. The highest BCUT2D eigenvalue weighted by Crippen LogP contribution is 2.53. The van der Waals surface area contributed by atoms with Crippen LogP contribution in [0.5, 0.6) is 0 Å². The minimum atomic E-state index is 0.0761. The average molecular weight is 1870 g/mol. The number of hydrogen-bond acceptors (Lipinski definition) is 8. The van der Waals surface area contributed by atoms with E-state index in [4.69, 9.17) is 29.9 Å². The van der Waals surface area contributed by atoms with Crippen molar-refractivity contribution in [2.75, 3.05) is 9.80 Å². The summed E-state index contributed by atoms with van der Waals surface area (Å²) in [4.78, 5) is 36.3. The lowest BCUT2D eigenvalue weighted by molar-refractivity contribution is 0.731. The van der Waals surface area contributed by atoms with Gasteiger partial charge in [-0.2, -0.15) is 0 Å². The minimum absolute atomic E-state index is 0.0761. The summed E-state index contributed by atoms with van der Waals surface area (Å²) in [5.41, 5.74) is 31.4. The zero-order valence-electron chi connectivity index (χ0n) is 79.2. The highest BCUT2D eigenvalue weighted by molar-refractivity contribution is 6.24. The molecule has 12 nitrogen and oxygen atoms in total. The maximum absolute atomic E-state index is 5.38. The van der Waals surface area contributed by atoms with Crippen molar-refractivity contribution < 1.29 is 0 Å². The lowest BCUT2D eigenvalue weighted by atomic mass is 9.89. The van der Waals surface area contributed by atoms with E-state index >= 15 is 0 Å². The van der Waals surface area contributed by atoms with E-state index in [0.717, 1.165) is 112 Å². The normalized spacial score (nSPS) is 15.0. The maximum atomic E-state index is 5.38. The summed E-state index contributed by atoms with van der Waals surface area (Å²) in [6, 6.07) is 165. The Morgan fingerprint density at radius 1 is 0.178 bits per heavy atom. The average Bonchev–Trinajstić information content (AvgIpc) is 1.54. The summed E-state index contributed by atoms with van der Waals surface area (Å²) < 4.78 is 9.43. The van der Waals surface area contributed by atoms with Crippen LogP contribution < -0.4 is 9.80 Å². The Hall–Kier alpha value is -19.3. The molecule has 0 spiro atoms. The molecule has 4 atom stereocenters. The number of benzene rings is 20. The van der Waals surface area contributed by atoms with Crippen molar-refractivity contribution in [3.8, 4) is 79.0 Å². The van der Waals surface area contributed by atoms with Crippen LogP contribution in [0.3, 0.4) is 0 Å². The van der Waals surface area contributed by atoms with E-state index in [1.807, 2.05) is 18.2 Å². The number of rotatable bonds is 11. The number of anilines is 4. The predicted octanol–water partition coefficient (Wildman–Crippen LogP) is 33.4. The highest BCUT2D eigenvalue weighted by Gasteiger charge is 2.42. The van der Waals surface area contributed by atoms with Gasteiger partial charge in [0.2, 0.25) is 17.8 Å². The molecule has 4 unspecified atom stereocenters. The van der Waals surface area contributed by atoms with Gasteiger partial charge in [-0.3, -0.25) is 4.57 Å². The highest BCUT2D eigenvalue weighted by atomic mass is 15.3. The SMILES string of the molecule is C1=CC2c3cc(-c4ccc5c(c4)c4ccccc4n5-c4ccc5ccccc5c4)ccc3N(c3nc(-c4ccccc4)c4ccccc4n3)C2C=C1.C1=CC2c3cc(-c4ccc5c(c4)c4ccccc4n5-c4ccccc4)ccc3N(c3nc(-c4ccc5ccccc5c4)c4ccccc4n3)C2C=C1.c1ccc(-c2nc(-n3c4ccccc4c4ccc5c6ccccc6n(-c6ccccc6)c5c43)nc3ccccc23)cc1. The van der Waals surface area contributed by atoms with Gasteiger partial charge in [0.15, 0.2) is 0 Å². The second-order valence-corrected chi connectivity index (χ2v) is 38.3. The zero-order valence-corrected chi connectivity index (χ0v) is 79.2. The number of nitrogens with zero attached hydrogens (tertiary/aromatic N) is 12. The number of fused-ring (bicyclic) bond motifs is 24. The standard InChI is InChI=1S/2C48H32N4.C38H24N4/c1-2-14-36(15-3-1)51-43-20-10-7-16-37(43)40-29-33(24-26-45(40)51)34-25-27-46-41(30-34)38-17-8-11-21-44(38)52(46)48-49-42-19-9-6-18-39(42)47(50-48)35-23-22-31-12-4-5-13-32(31)28-35;1-2-13-32(14-3-1)47-39-18-6-9-19-42(39)49-48(50-47)52-44-21-11-8-17-38(44)41-30-35(24-27-46(41)52)34-23-26-45-40(29-34)37-16-7-10-20-43(37)51(45)36-25-22-31-12-4-5-15-33(31)28-36;1-3-13-25(14-4-1)35-31-19-7-10-20-32(31)39-38(40-35)42-34-22-12-9-18-28(34)30-24-23-29-27-17-8-11-21-33(27)41(36(29)37(30)42)26-15-5-2-6-16-26/h2*1-30,38,44H;1-24H. The fraction of sp³-hybridized carbons (Fsp3) is 0.0299. The summed E-state index contributed by atoms with van der Waals surface area (Å²) in [5, 5.41) is 17.8. The molecule has 9 heterocycles. The molecule has 0 radical (unpaired) electrons. The fourth-order valence-corrected chi connectivity index (χ4v) is 23.5. The van der Waals surface area contributed by atoms with Crippen LogP contribution in [0.25, 0.3) is 221 Å². The number of hydrogen-bond donors (Lipinski definition) is 0. The zero-order chi connectivity index (χ0) is 96.0. The van der Waals surface area contributed by atoms with Crippen molar-refractivity contribution in [2.45, 2.75) is 23.9 Å². The minimum Gasteiger partial charge on any atom is -0.309 e. The van der Waals surface area contributed by atoms with Gasteiger partial charge >= 0.3 is 0 Å². The number of para-hydroxylation sites is 9. The molecule has 2 aliphatic heterocycles. The molecule has 146 heavy (non-hydrogen) atoms. The van der Waals surface area contributed by atoms with Crippen LogP contribution in [0, 0.1) is 0 Å². The summed E-state index contributed by atoms with van der Waals surface area (Å²) in [7, 11) is 0. The Labute approximate surface area is 840 Å². The van der Waals surface area contributed by atoms with Gasteiger partial charge in [-0.1, -0.05) is 376 Å². The Balaban J connectivity index is 0.000000104. The summed E-state index contributed by atoms with van der Waals surface area (Å²) in [6.07, 6.45) is 17.9. The molecule has 2 aliphatic carbocycles. The molecule has 0 fully saturated rings. The smallest absolute Gasteiger partial charge is 0.235 e. The topological polar surface area (TPSA) is 104 Å². The van der Waals surface area contributed by atoms with Crippen molar-refractivity contribution in [2.24, 2.45) is 0 Å². The van der Waals surface area contributed by atoms with Crippen molar-refractivity contribution in [3.63, 3.8) is 0 Å². The molecule has 12 heteroatoms. The first-order chi connectivity index (χ1) is 72.4. The molecule has 0 saturated carbocycles. The third kappa shape index (κ3) is 13.7. The Kier molecular flexibility index (Phi) is 19.7. The lowest BCUT2D eigenvalue weighted by Gasteiger charge is -2.27. The van der Waals surface area contributed by atoms with Gasteiger partial charge in [0.1, 0.15) is 0 Å². The summed E-state index contributed by atoms with van der Waals surface area (Å²) in [5.74, 6) is 2.48. The van der Waals surface area contributed by atoms with Gasteiger partial charge in [-0.05, 0) is 188 Å². The monoisotopic (exact) mass is 1860 g/mol. The van der Waals surface area contributed by atoms with Gasteiger partial charge in [0.25, 0.3) is 0 Å². The summed E-state index contributed by atoms with van der Waals surface area (Å²) in [6.45, 7) is 0. The Morgan fingerprint density at radius 3 is 0.993 bits per heavy atom. The van der Waals surface area contributed by atoms with E-state index in [9.17, 15) is 0 Å². The molecule has 0 amide bonds. The molecule has 4 aliphatic rings. The van der Waals surface area contributed by atoms with Gasteiger partial charge in [-0.25, -0.2) is 29.9 Å². The second-order valence-electron chi connectivity index (χ2n) is 38.3. The van der Waals surface area contributed by atoms with E-state index in [1.165, 1.54) is 137 Å². The van der Waals surface area contributed by atoms with Crippen LogP contribution in [0.1, 0.15) is 23.0 Å². The van der Waals surface area contributed by atoms with Gasteiger partial charge in [0, 0.05) is 116 Å². The Bertz CT molecular complexity index is 10200. The maximum Gasteiger partial charge on any atom is 0.235 e. The van der Waals surface area contributed by atoms with Crippen molar-refractivity contribution in [3.05, 3.63) is 521 Å². The Morgan fingerprint density at radius 2 is 0.507 bits per heavy atom. The van der Waals surface area contributed by atoms with Crippen molar-refractivity contribution in [1.82, 2.24) is 48.2 Å². The fourth-order valence-electron chi connectivity index (χ4n) is 23.5. The van der Waals surface area contributed by atoms with Crippen molar-refractivity contribution >= 4 is 165 Å². The third-order valence-corrected chi connectivity index (χ3v) is 30.1. The third-order valence-electron chi connectivity index (χ3n) is 30.1. The van der Waals surface area contributed by atoms with E-state index in [2.05, 4.69) is 520 Å². The van der Waals surface area contributed by atoms with Crippen LogP contribution in [-0.4, -0.2) is 60.3 Å². The molecule has 0 saturated heterocycles. The van der Waals surface area contributed by atoms with Crippen LogP contribution >= 0.6 is 0 Å². The number of aromatic nitrogens is 10. The van der Waals surface area contributed by atoms with Crippen LogP contribution in [-0.2, 0) is 0 Å². The first-order valence-electron chi connectivity index (χ1n) is 50.0. The summed E-state index contributed by atoms with van der Waals surface area (Å²) >= 11 is 0. The van der Waals surface area contributed by atoms with E-state index in [0.29, 0.717) is 5.95 Å². The molecule has 7 aromatic heterocycles. The molecule has 20 aromatic carbocycles. The van der Waals surface area contributed by atoms with E-state index in [-0.39, 0.29) is 23.9 Å². The van der Waals surface area contributed by atoms with E-state index < -0.39 is 0 Å². The molecule has 27 aromatic rings. The lowest BCUT2D eigenvalue weighted by Crippen LogP contribution is -2.30. The quantitative estimate of drug-likeness (QED) is 0.126. The first-order valence-corrected chi connectivity index (χ1v) is 50.0. The van der Waals surface area contributed by atoms with Crippen LogP contribution in [0.2, 0.25) is 0 Å². The van der Waals surface area contributed by atoms with E-state index in [1.54, 1.807) is 0 Å². The second kappa shape index (κ2) is 34.3. The number of allylic oxidation sites excluding steroid dienone is 4. The largest absolute Gasteiger partial charge is 0.309 e. The van der Waals surface area contributed by atoms with Gasteiger partial charge in [-0.15, -0.1) is 0 Å². The van der Waals surface area contributed by atoms with Crippen LogP contribution in [0.4, 0.5) is 23.3 Å². The molecule has 0 bridgehead atoms. The molecule has 0 N–H and O–H groups in total.